The van der Waals surface area contributed by atoms with Crippen molar-refractivity contribution in [2.75, 3.05) is 0 Å². The molecule has 1 aromatic carbocycles. The molecule has 0 unspecified atom stereocenters. The second kappa shape index (κ2) is 4.71. The molecule has 88 valence electrons. The third kappa shape index (κ3) is 2.74. The van der Waals surface area contributed by atoms with Crippen LogP contribution in [0.2, 0.25) is 0 Å². The summed E-state index contributed by atoms with van der Waals surface area (Å²) in [4.78, 5) is 26.6. The topological polar surface area (TPSA) is 58.5 Å². The van der Waals surface area contributed by atoms with E-state index in [-0.39, 0.29) is 16.9 Å². The molecule has 1 aliphatic rings. The first-order chi connectivity index (χ1) is 8.06. The molecule has 17 heavy (non-hydrogen) atoms. The maximum atomic E-state index is 11.3. The quantitative estimate of drug-likeness (QED) is 0.816. The van der Waals surface area contributed by atoms with Gasteiger partial charge < -0.3 is 5.32 Å². The summed E-state index contributed by atoms with van der Waals surface area (Å²) < 4.78 is 0. The van der Waals surface area contributed by atoms with Crippen molar-refractivity contribution in [1.29, 1.82) is 0 Å². The molecule has 1 aliphatic heterocycles. The average molecular weight is 248 g/mol. The van der Waals surface area contributed by atoms with Gasteiger partial charge >= 0.3 is 0 Å². The van der Waals surface area contributed by atoms with Crippen LogP contribution < -0.4 is 5.32 Å². The highest BCUT2D eigenvalue weighted by molar-refractivity contribution is 8.15. The molecule has 1 N–H and O–H groups in total. The maximum absolute atomic E-state index is 11.3. The molecule has 5 heteroatoms. The largest absolute Gasteiger partial charge is 0.304 e. The summed E-state index contributed by atoms with van der Waals surface area (Å²) in [6, 6.07) is 6.98. The van der Waals surface area contributed by atoms with E-state index in [2.05, 4.69) is 10.3 Å². The van der Waals surface area contributed by atoms with Gasteiger partial charge in [0.05, 0.1) is 10.9 Å². The number of nitrogens with zero attached hydrogens (tertiary/aromatic N) is 1. The maximum Gasteiger partial charge on any atom is 0.239 e. The van der Waals surface area contributed by atoms with Crippen molar-refractivity contribution in [2.45, 2.75) is 19.1 Å². The highest BCUT2D eigenvalue weighted by Crippen LogP contribution is 2.22. The van der Waals surface area contributed by atoms with Crippen LogP contribution in [0.25, 0.3) is 0 Å². The molecule has 0 radical (unpaired) electrons. The van der Waals surface area contributed by atoms with E-state index in [1.807, 2.05) is 6.92 Å². The van der Waals surface area contributed by atoms with E-state index < -0.39 is 0 Å². The van der Waals surface area contributed by atoms with Crippen molar-refractivity contribution in [2.24, 2.45) is 4.99 Å². The fourth-order valence-corrected chi connectivity index (χ4v) is 2.22. The van der Waals surface area contributed by atoms with Crippen molar-refractivity contribution in [3.63, 3.8) is 0 Å². The van der Waals surface area contributed by atoms with Crippen LogP contribution in [0.3, 0.4) is 0 Å². The van der Waals surface area contributed by atoms with Crippen LogP contribution in [0.15, 0.2) is 29.3 Å². The minimum absolute atomic E-state index is 0.0193. The van der Waals surface area contributed by atoms with Gasteiger partial charge in [-0.3, -0.25) is 9.59 Å². The second-order valence-electron chi connectivity index (χ2n) is 3.77. The number of Topliss-reactive ketones (excluding diaryl/α,β-unsaturated/α-hetero) is 1. The Hall–Kier alpha value is -1.62. The Balaban J connectivity index is 2.17. The number of rotatable bonds is 2. The normalized spacial score (nSPS) is 21.6. The molecule has 0 aromatic heterocycles. The van der Waals surface area contributed by atoms with Crippen LogP contribution in [-0.2, 0) is 4.79 Å². The fraction of sp³-hybridized carbons (Fsp3) is 0.250. The van der Waals surface area contributed by atoms with Gasteiger partial charge in [-0.25, -0.2) is 4.99 Å². The first-order valence-corrected chi connectivity index (χ1v) is 6.11. The van der Waals surface area contributed by atoms with Gasteiger partial charge in [-0.05, 0) is 38.1 Å². The minimum atomic E-state index is -0.0924. The van der Waals surface area contributed by atoms with E-state index in [1.54, 1.807) is 24.3 Å². The zero-order valence-electron chi connectivity index (χ0n) is 9.56. The zero-order chi connectivity index (χ0) is 12.4. The van der Waals surface area contributed by atoms with Crippen LogP contribution >= 0.6 is 11.8 Å². The molecule has 1 saturated heterocycles. The lowest BCUT2D eigenvalue weighted by molar-refractivity contribution is -0.118. The number of amides is 1. The third-order valence-corrected chi connectivity index (χ3v) is 3.38. The number of thioether (sulfide) groups is 1. The van der Waals surface area contributed by atoms with Crippen molar-refractivity contribution in [3.8, 4) is 0 Å². The number of hydrogen-bond donors (Lipinski definition) is 1. The van der Waals surface area contributed by atoms with Crippen molar-refractivity contribution >= 4 is 34.3 Å². The number of ketones is 1. The number of aliphatic imine (C=N–C) groups is 1. The zero-order valence-corrected chi connectivity index (χ0v) is 10.4. The Morgan fingerprint density at radius 3 is 2.47 bits per heavy atom. The van der Waals surface area contributed by atoms with Gasteiger partial charge in [0, 0.05) is 5.56 Å². The molecule has 1 fully saturated rings. The molecule has 0 bridgehead atoms. The molecule has 1 heterocycles. The SMILES string of the molecule is CC(=O)c1ccc(N=C2NC(=O)[C@H](C)S2)cc1. The molecule has 2 rings (SSSR count). The van der Waals surface area contributed by atoms with Crippen LogP contribution in [0.1, 0.15) is 24.2 Å². The lowest BCUT2D eigenvalue weighted by atomic mass is 10.1. The molecule has 0 spiro atoms. The summed E-state index contributed by atoms with van der Waals surface area (Å²) in [6.07, 6.45) is 0. The van der Waals surface area contributed by atoms with E-state index in [0.717, 1.165) is 5.69 Å². The summed E-state index contributed by atoms with van der Waals surface area (Å²) in [5.74, 6) is 0.00970. The first-order valence-electron chi connectivity index (χ1n) is 5.23. The van der Waals surface area contributed by atoms with Gasteiger partial charge in [0.15, 0.2) is 11.0 Å². The van der Waals surface area contributed by atoms with Crippen molar-refractivity contribution in [3.05, 3.63) is 29.8 Å². The van der Waals surface area contributed by atoms with Crippen molar-refractivity contribution in [1.82, 2.24) is 5.32 Å². The van der Waals surface area contributed by atoms with Gasteiger partial charge in [-0.2, -0.15) is 0 Å². The minimum Gasteiger partial charge on any atom is -0.304 e. The first kappa shape index (κ1) is 11.9. The molecular formula is C12H12N2O2S. The average Bonchev–Trinajstić information content (AvgIpc) is 2.58. The van der Waals surface area contributed by atoms with E-state index in [0.29, 0.717) is 10.7 Å². The molecule has 4 nitrogen and oxygen atoms in total. The Kier molecular flexibility index (Phi) is 3.28. The fourth-order valence-electron chi connectivity index (χ4n) is 1.40. The lowest BCUT2D eigenvalue weighted by Gasteiger charge is -1.98. The smallest absolute Gasteiger partial charge is 0.239 e. The van der Waals surface area contributed by atoms with E-state index in [1.165, 1.54) is 18.7 Å². The number of carbonyl (C=O) groups is 2. The van der Waals surface area contributed by atoms with Gasteiger partial charge in [0.2, 0.25) is 5.91 Å². The number of carbonyl (C=O) groups excluding carboxylic acids is 2. The number of amidine groups is 1. The summed E-state index contributed by atoms with van der Waals surface area (Å²) >= 11 is 1.40. The molecule has 0 aliphatic carbocycles. The van der Waals surface area contributed by atoms with Crippen LogP contribution in [-0.4, -0.2) is 22.1 Å². The van der Waals surface area contributed by atoms with Crippen molar-refractivity contribution < 1.29 is 9.59 Å². The Morgan fingerprint density at radius 2 is 2.00 bits per heavy atom. The molecule has 1 atom stereocenters. The van der Waals surface area contributed by atoms with Gasteiger partial charge in [0.25, 0.3) is 0 Å². The highest BCUT2D eigenvalue weighted by Gasteiger charge is 2.25. The number of nitrogens with one attached hydrogen (secondary N) is 1. The molecule has 1 amide bonds. The monoisotopic (exact) mass is 248 g/mol. The van der Waals surface area contributed by atoms with E-state index >= 15 is 0 Å². The van der Waals surface area contributed by atoms with Crippen LogP contribution in [0, 0.1) is 0 Å². The molecule has 0 saturated carbocycles. The van der Waals surface area contributed by atoms with Crippen LogP contribution in [0.4, 0.5) is 5.69 Å². The number of benzene rings is 1. The Morgan fingerprint density at radius 1 is 1.35 bits per heavy atom. The lowest BCUT2D eigenvalue weighted by Crippen LogP contribution is -2.23. The van der Waals surface area contributed by atoms with Gasteiger partial charge in [-0.1, -0.05) is 11.8 Å². The third-order valence-electron chi connectivity index (χ3n) is 2.39. The highest BCUT2D eigenvalue weighted by atomic mass is 32.2. The summed E-state index contributed by atoms with van der Waals surface area (Å²) in [6.45, 7) is 3.36. The predicted molar refractivity (Wildman–Crippen MR) is 68.7 cm³/mol. The predicted octanol–water partition coefficient (Wildman–Crippen LogP) is 2.13. The molecule has 1 aromatic rings. The summed E-state index contributed by atoms with van der Waals surface area (Å²) in [5, 5.41) is 3.21. The van der Waals surface area contributed by atoms with Crippen LogP contribution in [0.5, 0.6) is 0 Å². The Labute approximate surface area is 104 Å². The standard InChI is InChI=1S/C12H12N2O2S/c1-7(15)9-3-5-10(6-4-9)13-12-14-11(16)8(2)17-12/h3-6,8H,1-2H3,(H,13,14,16)/t8-/m0/s1. The summed E-state index contributed by atoms with van der Waals surface area (Å²) in [5.41, 5.74) is 1.39. The number of hydrogen-bond acceptors (Lipinski definition) is 4. The molecular weight excluding hydrogens is 236 g/mol. The van der Waals surface area contributed by atoms with E-state index in [4.69, 9.17) is 0 Å². The van der Waals surface area contributed by atoms with Gasteiger partial charge in [0.1, 0.15) is 0 Å². The Bertz CT molecular complexity index is 494. The van der Waals surface area contributed by atoms with E-state index in [9.17, 15) is 9.59 Å². The van der Waals surface area contributed by atoms with Gasteiger partial charge in [-0.15, -0.1) is 0 Å². The second-order valence-corrected chi connectivity index (χ2v) is 5.10. The summed E-state index contributed by atoms with van der Waals surface area (Å²) in [7, 11) is 0.